The lowest BCUT2D eigenvalue weighted by molar-refractivity contribution is 0.100. The van der Waals surface area contributed by atoms with E-state index in [4.69, 9.17) is 15.7 Å². The lowest BCUT2D eigenvalue weighted by Gasteiger charge is -2.07. The fourth-order valence-electron chi connectivity index (χ4n) is 7.04. The molecule has 1 amide bonds. The van der Waals surface area contributed by atoms with Crippen molar-refractivity contribution in [1.29, 1.82) is 0 Å². The second-order valence-corrected chi connectivity index (χ2v) is 12.5. The molecule has 0 atom stereocenters. The summed E-state index contributed by atoms with van der Waals surface area (Å²) in [5.74, 6) is -0.468. The number of carbonyl (C=O) groups is 1. The van der Waals surface area contributed by atoms with Crippen LogP contribution >= 0.6 is 0 Å². The molecule has 0 saturated carbocycles. The molecule has 242 valence electrons. The van der Waals surface area contributed by atoms with Crippen LogP contribution in [0.1, 0.15) is 33.1 Å². The van der Waals surface area contributed by atoms with Crippen LogP contribution in [-0.2, 0) is 0 Å². The van der Waals surface area contributed by atoms with Crippen molar-refractivity contribution >= 4 is 52.3 Å². The lowest BCUT2D eigenvalue weighted by atomic mass is 10.0. The molecule has 0 aliphatic carbocycles. The summed E-state index contributed by atoms with van der Waals surface area (Å²) in [6.45, 7) is 0. The Hall–Kier alpha value is -7.05. The summed E-state index contributed by atoms with van der Waals surface area (Å²) in [5.41, 5.74) is 21.1. The second-order valence-electron chi connectivity index (χ2n) is 12.5. The van der Waals surface area contributed by atoms with Crippen LogP contribution in [0.3, 0.4) is 0 Å². The van der Waals surface area contributed by atoms with Crippen LogP contribution in [0.15, 0.2) is 140 Å². The molecule has 0 fully saturated rings. The first kappa shape index (κ1) is 30.0. The molecule has 0 unspecified atom stereocenters. The first-order valence-corrected chi connectivity index (χ1v) is 16.8. The maximum atomic E-state index is 12.0. The zero-order chi connectivity index (χ0) is 34.3. The van der Waals surface area contributed by atoms with Gasteiger partial charge in [-0.3, -0.25) is 4.79 Å². The summed E-state index contributed by atoms with van der Waals surface area (Å²) in [6, 6.07) is 46.9. The highest BCUT2D eigenvalue weighted by molar-refractivity contribution is 6.00. The van der Waals surface area contributed by atoms with E-state index < -0.39 is 5.91 Å². The summed E-state index contributed by atoms with van der Waals surface area (Å²) >= 11 is 0. The van der Waals surface area contributed by atoms with Crippen molar-refractivity contribution in [3.8, 4) is 44.5 Å². The Morgan fingerprint density at radius 3 is 0.980 bits per heavy atom. The molecular formula is C45H31N5O. The van der Waals surface area contributed by atoms with Gasteiger partial charge in [0.25, 0.3) is 0 Å². The van der Waals surface area contributed by atoms with Crippen molar-refractivity contribution in [3.05, 3.63) is 168 Å². The average molecular weight is 658 g/mol. The third-order valence-corrected chi connectivity index (χ3v) is 9.40. The molecule has 4 aromatic carbocycles. The maximum absolute atomic E-state index is 12.0. The van der Waals surface area contributed by atoms with Gasteiger partial charge < -0.3 is 15.7 Å². The Kier molecular flexibility index (Phi) is 7.33. The summed E-state index contributed by atoms with van der Waals surface area (Å²) in [4.78, 5) is 30.2. The zero-order valence-electron chi connectivity index (χ0n) is 27.5. The van der Waals surface area contributed by atoms with Crippen molar-refractivity contribution in [2.24, 2.45) is 5.73 Å². The third-order valence-electron chi connectivity index (χ3n) is 9.40. The summed E-state index contributed by atoms with van der Waals surface area (Å²) in [6.07, 6.45) is 8.34. The number of amides is 1. The number of fused-ring (bicyclic) bond motifs is 8. The van der Waals surface area contributed by atoms with Gasteiger partial charge in [-0.05, 0) is 83.0 Å². The van der Waals surface area contributed by atoms with E-state index in [0.29, 0.717) is 5.56 Å². The highest BCUT2D eigenvalue weighted by Crippen LogP contribution is 2.38. The number of carbonyl (C=O) groups excluding carboxylic acids is 1. The van der Waals surface area contributed by atoms with E-state index in [9.17, 15) is 4.79 Å². The number of aromatic nitrogens is 4. The lowest BCUT2D eigenvalue weighted by Crippen LogP contribution is -2.10. The SMILES string of the molecule is NC(=O)c1ccc(-c2c3nc(c(-c4ccccc4)c4ccc([nH]4)c(-c4ccccc4)c4nc(c(-c5ccccc5)c5ccc2[nH]5)C=C4)C=C3)cc1. The molecule has 51 heavy (non-hydrogen) atoms. The Bertz CT molecular complexity index is 2650. The quantitative estimate of drug-likeness (QED) is 0.172. The Balaban J connectivity index is 1.46. The summed E-state index contributed by atoms with van der Waals surface area (Å²) in [7, 11) is 0. The molecule has 7 aromatic rings. The molecule has 6 heteroatoms. The van der Waals surface area contributed by atoms with Crippen LogP contribution in [0, 0.1) is 0 Å². The zero-order valence-corrected chi connectivity index (χ0v) is 27.5. The van der Waals surface area contributed by atoms with Gasteiger partial charge >= 0.3 is 0 Å². The van der Waals surface area contributed by atoms with Gasteiger partial charge in [0.1, 0.15) is 0 Å². The smallest absolute Gasteiger partial charge is 0.248 e. The first-order valence-electron chi connectivity index (χ1n) is 16.8. The largest absolute Gasteiger partial charge is 0.366 e. The minimum absolute atomic E-state index is 0.447. The van der Waals surface area contributed by atoms with Gasteiger partial charge in [-0.25, -0.2) is 9.97 Å². The van der Waals surface area contributed by atoms with E-state index in [-0.39, 0.29) is 0 Å². The summed E-state index contributed by atoms with van der Waals surface area (Å²) < 4.78 is 0. The van der Waals surface area contributed by atoms with E-state index >= 15 is 0 Å². The minimum atomic E-state index is -0.468. The number of H-pyrrole nitrogens is 2. The van der Waals surface area contributed by atoms with Crippen molar-refractivity contribution < 1.29 is 4.79 Å². The van der Waals surface area contributed by atoms with Crippen LogP contribution in [0.25, 0.3) is 90.9 Å². The van der Waals surface area contributed by atoms with Crippen molar-refractivity contribution in [2.75, 3.05) is 0 Å². The monoisotopic (exact) mass is 657 g/mol. The average Bonchev–Trinajstić information content (AvgIpc) is 4.01. The minimum Gasteiger partial charge on any atom is -0.366 e. The first-order chi connectivity index (χ1) is 25.1. The molecule has 9 rings (SSSR count). The van der Waals surface area contributed by atoms with E-state index in [2.05, 4.69) is 107 Å². The maximum Gasteiger partial charge on any atom is 0.248 e. The standard InChI is InChI=1S/C45H31N5O/c46-45(51)32-18-16-31(17-19-32)44-39-26-24-37(49-39)42(29-12-6-2-7-13-29)35-22-20-33(47-35)41(28-10-4-1-5-11-28)34-21-23-36(48-34)43(30-14-8-3-9-15-30)38-25-27-40(44)50-38/h1-27,47,50H,(H2,46,51). The fraction of sp³-hybridized carbons (Fsp3) is 0. The van der Waals surface area contributed by atoms with E-state index in [1.807, 2.05) is 54.6 Å². The number of hydrogen-bond donors (Lipinski definition) is 3. The fourth-order valence-corrected chi connectivity index (χ4v) is 7.04. The highest BCUT2D eigenvalue weighted by atomic mass is 16.1. The molecule has 2 aliphatic rings. The van der Waals surface area contributed by atoms with Crippen LogP contribution in [0.5, 0.6) is 0 Å². The predicted molar refractivity (Wildman–Crippen MR) is 209 cm³/mol. The van der Waals surface area contributed by atoms with Crippen LogP contribution in [0.2, 0.25) is 0 Å². The van der Waals surface area contributed by atoms with E-state index in [1.54, 1.807) is 12.1 Å². The number of nitrogens with zero attached hydrogens (tertiary/aromatic N) is 2. The van der Waals surface area contributed by atoms with Gasteiger partial charge in [0.2, 0.25) is 5.91 Å². The van der Waals surface area contributed by atoms with Crippen LogP contribution < -0.4 is 5.73 Å². The predicted octanol–water partition coefficient (Wildman–Crippen LogP) is 10.4. The van der Waals surface area contributed by atoms with Crippen LogP contribution in [0.4, 0.5) is 0 Å². The van der Waals surface area contributed by atoms with Gasteiger partial charge in [0, 0.05) is 49.9 Å². The molecule has 2 aliphatic heterocycles. The normalized spacial score (nSPS) is 11.9. The van der Waals surface area contributed by atoms with Crippen molar-refractivity contribution in [3.63, 3.8) is 0 Å². The van der Waals surface area contributed by atoms with E-state index in [0.717, 1.165) is 89.4 Å². The van der Waals surface area contributed by atoms with Crippen molar-refractivity contribution in [2.45, 2.75) is 0 Å². The number of nitrogens with one attached hydrogen (secondary N) is 2. The van der Waals surface area contributed by atoms with E-state index in [1.165, 1.54) is 0 Å². The van der Waals surface area contributed by atoms with Gasteiger partial charge in [-0.2, -0.15) is 0 Å². The molecule has 3 aromatic heterocycles. The molecule has 4 N–H and O–H groups in total. The van der Waals surface area contributed by atoms with Crippen LogP contribution in [-0.4, -0.2) is 25.8 Å². The Labute approximate surface area is 294 Å². The number of primary amides is 1. The third kappa shape index (κ3) is 5.45. The molecular weight excluding hydrogens is 627 g/mol. The molecule has 5 heterocycles. The Morgan fingerprint density at radius 1 is 0.392 bits per heavy atom. The summed E-state index contributed by atoms with van der Waals surface area (Å²) in [5, 5.41) is 0. The number of benzene rings is 4. The number of aromatic amines is 2. The number of rotatable bonds is 5. The van der Waals surface area contributed by atoms with Gasteiger partial charge in [0.15, 0.2) is 0 Å². The molecule has 8 bridgehead atoms. The van der Waals surface area contributed by atoms with Gasteiger partial charge in [-0.1, -0.05) is 103 Å². The van der Waals surface area contributed by atoms with Crippen molar-refractivity contribution in [1.82, 2.24) is 19.9 Å². The molecule has 0 saturated heterocycles. The Morgan fingerprint density at radius 2 is 0.686 bits per heavy atom. The highest BCUT2D eigenvalue weighted by Gasteiger charge is 2.19. The topological polar surface area (TPSA) is 100 Å². The molecule has 6 nitrogen and oxygen atoms in total. The second kappa shape index (κ2) is 12.4. The molecule has 0 spiro atoms. The molecule has 0 radical (unpaired) electrons. The van der Waals surface area contributed by atoms with Gasteiger partial charge in [0.05, 0.1) is 22.8 Å². The number of hydrogen-bond acceptors (Lipinski definition) is 3. The van der Waals surface area contributed by atoms with Gasteiger partial charge in [-0.15, -0.1) is 0 Å². The number of nitrogens with two attached hydrogens (primary N) is 1.